The molecular formula is C12H24N2O. The number of hydrogen-bond acceptors (Lipinski definition) is 3. The molecule has 1 aliphatic heterocycles. The summed E-state index contributed by atoms with van der Waals surface area (Å²) in [6, 6.07) is 1.30. The van der Waals surface area contributed by atoms with Crippen LogP contribution in [0.3, 0.4) is 0 Å². The molecule has 0 amide bonds. The summed E-state index contributed by atoms with van der Waals surface area (Å²) in [7, 11) is 0. The average molecular weight is 212 g/mol. The van der Waals surface area contributed by atoms with Gasteiger partial charge in [-0.05, 0) is 32.6 Å². The van der Waals surface area contributed by atoms with Crippen LogP contribution in [0, 0.1) is 5.92 Å². The second-order valence-corrected chi connectivity index (χ2v) is 5.11. The van der Waals surface area contributed by atoms with Crippen LogP contribution >= 0.6 is 0 Å². The van der Waals surface area contributed by atoms with Crippen molar-refractivity contribution < 1.29 is 4.74 Å². The summed E-state index contributed by atoms with van der Waals surface area (Å²) in [5.74, 6) is 0.892. The van der Waals surface area contributed by atoms with Crippen molar-refractivity contribution in [2.75, 3.05) is 32.8 Å². The lowest BCUT2D eigenvalue weighted by Crippen LogP contribution is -2.55. The van der Waals surface area contributed by atoms with Crippen LogP contribution in [-0.4, -0.2) is 49.8 Å². The van der Waals surface area contributed by atoms with E-state index in [0.717, 1.165) is 38.8 Å². The molecule has 1 heterocycles. The molecule has 3 nitrogen and oxygen atoms in total. The molecule has 1 saturated heterocycles. The summed E-state index contributed by atoms with van der Waals surface area (Å²) in [5.41, 5.74) is 0. The van der Waals surface area contributed by atoms with E-state index in [1.54, 1.807) is 0 Å². The maximum absolute atomic E-state index is 5.69. The highest BCUT2D eigenvalue weighted by atomic mass is 16.5. The van der Waals surface area contributed by atoms with Crippen molar-refractivity contribution in [2.45, 2.75) is 38.8 Å². The predicted octanol–water partition coefficient (Wildman–Crippen LogP) is 1.10. The quantitative estimate of drug-likeness (QED) is 0.691. The second-order valence-electron chi connectivity index (χ2n) is 5.11. The molecule has 2 atom stereocenters. The molecule has 0 radical (unpaired) electrons. The van der Waals surface area contributed by atoms with Crippen molar-refractivity contribution in [3.05, 3.63) is 0 Å². The van der Waals surface area contributed by atoms with Crippen molar-refractivity contribution >= 4 is 0 Å². The predicted molar refractivity (Wildman–Crippen MR) is 62.0 cm³/mol. The normalized spacial score (nSPS) is 33.2. The van der Waals surface area contributed by atoms with E-state index in [4.69, 9.17) is 4.74 Å². The summed E-state index contributed by atoms with van der Waals surface area (Å²) < 4.78 is 5.69. The Balaban J connectivity index is 1.62. The molecule has 2 fully saturated rings. The maximum atomic E-state index is 5.69. The minimum atomic E-state index is 0.651. The molecule has 0 spiro atoms. The van der Waals surface area contributed by atoms with Gasteiger partial charge in [-0.25, -0.2) is 0 Å². The SMILES string of the molecule is C[C@@H]1CNC[C@H](C)N1CCOCC1CC1. The zero-order valence-corrected chi connectivity index (χ0v) is 10.0. The van der Waals surface area contributed by atoms with Crippen LogP contribution < -0.4 is 5.32 Å². The van der Waals surface area contributed by atoms with Gasteiger partial charge >= 0.3 is 0 Å². The van der Waals surface area contributed by atoms with Gasteiger partial charge in [0.05, 0.1) is 6.61 Å². The first-order valence-corrected chi connectivity index (χ1v) is 6.31. The van der Waals surface area contributed by atoms with Crippen LogP contribution in [0.2, 0.25) is 0 Å². The first-order chi connectivity index (χ1) is 7.27. The molecule has 0 aromatic rings. The van der Waals surface area contributed by atoms with Crippen LogP contribution in [0.5, 0.6) is 0 Å². The lowest BCUT2D eigenvalue weighted by Gasteiger charge is -2.39. The van der Waals surface area contributed by atoms with E-state index in [-0.39, 0.29) is 0 Å². The molecule has 0 unspecified atom stereocenters. The Hall–Kier alpha value is -0.120. The fraction of sp³-hybridized carbons (Fsp3) is 1.00. The Morgan fingerprint density at radius 1 is 1.20 bits per heavy atom. The number of ether oxygens (including phenoxy) is 1. The Morgan fingerprint density at radius 3 is 2.47 bits per heavy atom. The average Bonchev–Trinajstić information content (AvgIpc) is 3.00. The Bertz CT molecular complexity index is 184. The summed E-state index contributed by atoms with van der Waals surface area (Å²) in [5, 5.41) is 3.45. The smallest absolute Gasteiger partial charge is 0.0593 e. The van der Waals surface area contributed by atoms with Crippen molar-refractivity contribution in [1.29, 1.82) is 0 Å². The highest BCUT2D eigenvalue weighted by Gasteiger charge is 2.24. The third-order valence-corrected chi connectivity index (χ3v) is 3.56. The second kappa shape index (κ2) is 5.28. The standard InChI is InChI=1S/C12H24N2O/c1-10-7-13-8-11(2)14(10)5-6-15-9-12-3-4-12/h10-13H,3-9H2,1-2H3/t10-,11+. The molecule has 0 aromatic carbocycles. The molecule has 3 heteroatoms. The molecule has 2 aliphatic rings. The van der Waals surface area contributed by atoms with Gasteiger partial charge in [0, 0.05) is 38.3 Å². The van der Waals surface area contributed by atoms with Gasteiger partial charge in [0.15, 0.2) is 0 Å². The molecule has 15 heavy (non-hydrogen) atoms. The first kappa shape index (κ1) is 11.4. The van der Waals surface area contributed by atoms with Crippen LogP contribution in [0.15, 0.2) is 0 Å². The van der Waals surface area contributed by atoms with Gasteiger partial charge in [-0.15, -0.1) is 0 Å². The third kappa shape index (κ3) is 3.44. The minimum Gasteiger partial charge on any atom is -0.380 e. The van der Waals surface area contributed by atoms with Gasteiger partial charge in [-0.2, -0.15) is 0 Å². The van der Waals surface area contributed by atoms with E-state index < -0.39 is 0 Å². The van der Waals surface area contributed by atoms with E-state index in [0.29, 0.717) is 12.1 Å². The molecule has 1 saturated carbocycles. The molecule has 0 aromatic heterocycles. The van der Waals surface area contributed by atoms with Crippen molar-refractivity contribution in [1.82, 2.24) is 10.2 Å². The van der Waals surface area contributed by atoms with Crippen LogP contribution in [0.1, 0.15) is 26.7 Å². The maximum Gasteiger partial charge on any atom is 0.0593 e. The van der Waals surface area contributed by atoms with E-state index in [2.05, 4.69) is 24.1 Å². The summed E-state index contributed by atoms with van der Waals surface area (Å²) in [4.78, 5) is 2.56. The number of nitrogens with one attached hydrogen (secondary N) is 1. The highest BCUT2D eigenvalue weighted by molar-refractivity contribution is 4.82. The summed E-state index contributed by atoms with van der Waals surface area (Å²) in [6.45, 7) is 9.82. The number of hydrogen-bond donors (Lipinski definition) is 1. The topological polar surface area (TPSA) is 24.5 Å². The third-order valence-electron chi connectivity index (χ3n) is 3.56. The molecule has 0 bridgehead atoms. The van der Waals surface area contributed by atoms with E-state index in [9.17, 15) is 0 Å². The minimum absolute atomic E-state index is 0.651. The van der Waals surface area contributed by atoms with E-state index >= 15 is 0 Å². The van der Waals surface area contributed by atoms with Crippen LogP contribution in [-0.2, 0) is 4.74 Å². The first-order valence-electron chi connectivity index (χ1n) is 6.31. The zero-order chi connectivity index (χ0) is 10.7. The largest absolute Gasteiger partial charge is 0.380 e. The van der Waals surface area contributed by atoms with Gasteiger partial charge < -0.3 is 10.1 Å². The summed E-state index contributed by atoms with van der Waals surface area (Å²) in [6.07, 6.45) is 2.78. The Kier molecular flexibility index (Phi) is 4.00. The molecule has 1 N–H and O–H groups in total. The van der Waals surface area contributed by atoms with Gasteiger partial charge in [0.2, 0.25) is 0 Å². The van der Waals surface area contributed by atoms with Crippen LogP contribution in [0.25, 0.3) is 0 Å². The fourth-order valence-corrected chi connectivity index (χ4v) is 2.32. The number of piperazine rings is 1. The molecular weight excluding hydrogens is 188 g/mol. The Labute approximate surface area is 93.2 Å². The summed E-state index contributed by atoms with van der Waals surface area (Å²) >= 11 is 0. The van der Waals surface area contributed by atoms with Crippen molar-refractivity contribution in [3.63, 3.8) is 0 Å². The van der Waals surface area contributed by atoms with Crippen molar-refractivity contribution in [2.24, 2.45) is 5.92 Å². The molecule has 2 rings (SSSR count). The number of rotatable bonds is 5. The number of nitrogens with zero attached hydrogens (tertiary/aromatic N) is 1. The van der Waals surface area contributed by atoms with Crippen LogP contribution in [0.4, 0.5) is 0 Å². The van der Waals surface area contributed by atoms with Crippen molar-refractivity contribution in [3.8, 4) is 0 Å². The van der Waals surface area contributed by atoms with E-state index in [1.165, 1.54) is 12.8 Å². The van der Waals surface area contributed by atoms with E-state index in [1.807, 2.05) is 0 Å². The van der Waals surface area contributed by atoms with Gasteiger partial charge in [-0.3, -0.25) is 4.90 Å². The Morgan fingerprint density at radius 2 is 1.87 bits per heavy atom. The highest BCUT2D eigenvalue weighted by Crippen LogP contribution is 2.28. The lowest BCUT2D eigenvalue weighted by molar-refractivity contribution is 0.0530. The lowest BCUT2D eigenvalue weighted by atomic mass is 10.1. The van der Waals surface area contributed by atoms with Gasteiger partial charge in [0.25, 0.3) is 0 Å². The van der Waals surface area contributed by atoms with Gasteiger partial charge in [0.1, 0.15) is 0 Å². The zero-order valence-electron chi connectivity index (χ0n) is 10.0. The fourth-order valence-electron chi connectivity index (χ4n) is 2.32. The molecule has 1 aliphatic carbocycles. The molecule has 88 valence electrons. The monoisotopic (exact) mass is 212 g/mol. The van der Waals surface area contributed by atoms with Gasteiger partial charge in [-0.1, -0.05) is 0 Å².